The first-order chi connectivity index (χ1) is 12.6. The monoisotopic (exact) mass is 394 g/mol. The van der Waals surface area contributed by atoms with Gasteiger partial charge in [-0.2, -0.15) is 0 Å². The summed E-state index contributed by atoms with van der Waals surface area (Å²) in [4.78, 5) is 92.4. The average molecular weight is 394 g/mol. The van der Waals surface area contributed by atoms with Gasteiger partial charge in [0.2, 0.25) is 0 Å². The summed E-state index contributed by atoms with van der Waals surface area (Å²) in [6, 6.07) is 0. The molecular weight excluding hydrogens is 380 g/mol. The first-order valence-electron chi connectivity index (χ1n) is 7.15. The van der Waals surface area contributed by atoms with Gasteiger partial charge in [0.1, 0.15) is 5.92 Å². The van der Waals surface area contributed by atoms with Gasteiger partial charge in [-0.3, -0.25) is 9.68 Å². The molecule has 1 saturated heterocycles. The molecule has 0 aliphatic carbocycles. The van der Waals surface area contributed by atoms with Gasteiger partial charge in [0, 0.05) is 0 Å². The highest BCUT2D eigenvalue weighted by Crippen LogP contribution is 2.29. The number of rotatable bonds is 5. The van der Waals surface area contributed by atoms with Gasteiger partial charge in [-0.25, -0.2) is 48.4 Å². The molecule has 0 aromatic carbocycles. The number of hydrogen-bond donors (Lipinski definition) is 2. The van der Waals surface area contributed by atoms with E-state index in [1.807, 2.05) is 0 Å². The van der Waals surface area contributed by atoms with Crippen LogP contribution in [0.2, 0.25) is 0 Å². The highest BCUT2D eigenvalue weighted by molar-refractivity contribution is 5.92. The predicted octanol–water partition coefficient (Wildman–Crippen LogP) is -2.47. The Bertz CT molecular complexity index is 625. The zero-order chi connectivity index (χ0) is 20.6. The average Bonchev–Trinajstić information content (AvgIpc) is 2.59. The Kier molecular flexibility index (Phi) is 7.62. The van der Waals surface area contributed by atoms with Crippen molar-refractivity contribution in [3.8, 4) is 0 Å². The Morgan fingerprint density at radius 1 is 1.19 bits per heavy atom. The molecule has 27 heavy (non-hydrogen) atoms. The Morgan fingerprint density at radius 3 is 2.26 bits per heavy atom. The molecular formula is C13H14O14. The standard InChI is InChI=1S/C13H14O14/c1-6(15)10-11(19)26-24-7(16)2-3-8(17)25-27-12(20)13(10,21)4-9(18)23-22-5-14/h5-6,10,15,21H,2-4H2,1H3. The van der Waals surface area contributed by atoms with Crippen molar-refractivity contribution in [3.63, 3.8) is 0 Å². The minimum Gasteiger partial charge on any atom is -0.392 e. The lowest BCUT2D eigenvalue weighted by molar-refractivity contribution is -0.289. The fourth-order valence-corrected chi connectivity index (χ4v) is 2.01. The van der Waals surface area contributed by atoms with E-state index in [1.165, 1.54) is 0 Å². The fraction of sp³-hybridized carbons (Fsp3) is 0.538. The second-order valence-corrected chi connectivity index (χ2v) is 5.15. The summed E-state index contributed by atoms with van der Waals surface area (Å²) in [5.74, 6) is -9.79. The van der Waals surface area contributed by atoms with Crippen molar-refractivity contribution >= 4 is 36.3 Å². The first-order valence-corrected chi connectivity index (χ1v) is 7.15. The Morgan fingerprint density at radius 2 is 1.74 bits per heavy atom. The molecule has 1 aliphatic rings. The number of aliphatic hydroxyl groups excluding tert-OH is 1. The van der Waals surface area contributed by atoms with E-state index in [-0.39, 0.29) is 6.47 Å². The second kappa shape index (κ2) is 9.44. The number of hydrogen-bond acceptors (Lipinski definition) is 14. The second-order valence-electron chi connectivity index (χ2n) is 5.15. The summed E-state index contributed by atoms with van der Waals surface area (Å²) >= 11 is 0. The van der Waals surface area contributed by atoms with Gasteiger partial charge in [-0.05, 0) is 6.92 Å². The lowest BCUT2D eigenvalue weighted by Crippen LogP contribution is -2.56. The lowest BCUT2D eigenvalue weighted by Gasteiger charge is -2.31. The molecule has 0 radical (unpaired) electrons. The van der Waals surface area contributed by atoms with E-state index in [1.54, 1.807) is 0 Å². The molecule has 2 N–H and O–H groups in total. The van der Waals surface area contributed by atoms with Crippen molar-refractivity contribution < 1.29 is 68.3 Å². The van der Waals surface area contributed by atoms with Crippen molar-refractivity contribution in [2.45, 2.75) is 37.9 Å². The van der Waals surface area contributed by atoms with E-state index >= 15 is 0 Å². The van der Waals surface area contributed by atoms with Crippen LogP contribution in [0.3, 0.4) is 0 Å². The molecule has 14 nitrogen and oxygen atoms in total. The van der Waals surface area contributed by atoms with E-state index in [2.05, 4.69) is 29.3 Å². The molecule has 0 saturated carbocycles. The third-order valence-electron chi connectivity index (χ3n) is 3.16. The molecule has 0 bridgehead atoms. The van der Waals surface area contributed by atoms with Crippen molar-refractivity contribution in [1.29, 1.82) is 0 Å². The van der Waals surface area contributed by atoms with Gasteiger partial charge in [-0.15, -0.1) is 0 Å². The molecule has 1 aliphatic heterocycles. The van der Waals surface area contributed by atoms with Crippen LogP contribution in [0.15, 0.2) is 0 Å². The molecule has 0 amide bonds. The molecule has 14 heteroatoms. The van der Waals surface area contributed by atoms with E-state index in [4.69, 9.17) is 0 Å². The van der Waals surface area contributed by atoms with E-state index in [9.17, 15) is 39.0 Å². The molecule has 0 aromatic rings. The summed E-state index contributed by atoms with van der Waals surface area (Å²) < 4.78 is 0. The maximum Gasteiger partial charge on any atom is 0.388 e. The van der Waals surface area contributed by atoms with Crippen molar-refractivity contribution in [2.24, 2.45) is 5.92 Å². The van der Waals surface area contributed by atoms with Crippen molar-refractivity contribution in [2.75, 3.05) is 0 Å². The maximum absolute atomic E-state index is 12.1. The molecule has 1 heterocycles. The Balaban J connectivity index is 3.23. The summed E-state index contributed by atoms with van der Waals surface area (Å²) in [7, 11) is 0. The van der Waals surface area contributed by atoms with Gasteiger partial charge >= 0.3 is 36.3 Å². The molecule has 3 unspecified atom stereocenters. The molecule has 1 fully saturated rings. The van der Waals surface area contributed by atoms with E-state index < -0.39 is 66.7 Å². The third kappa shape index (κ3) is 5.89. The highest BCUT2D eigenvalue weighted by atomic mass is 17.2. The highest BCUT2D eigenvalue weighted by Gasteiger charge is 2.56. The first kappa shape index (κ1) is 21.8. The summed E-state index contributed by atoms with van der Waals surface area (Å²) in [5.41, 5.74) is -3.24. The number of aliphatic hydroxyl groups is 2. The van der Waals surface area contributed by atoms with E-state index in [0.717, 1.165) is 6.92 Å². The van der Waals surface area contributed by atoms with Crippen molar-refractivity contribution in [3.05, 3.63) is 0 Å². The zero-order valence-corrected chi connectivity index (χ0v) is 13.6. The minimum atomic E-state index is -3.24. The van der Waals surface area contributed by atoms with Gasteiger partial charge in [0.25, 0.3) is 0 Å². The fourth-order valence-electron chi connectivity index (χ4n) is 2.01. The van der Waals surface area contributed by atoms with Crippen LogP contribution < -0.4 is 0 Å². The quantitative estimate of drug-likeness (QED) is 0.282. The number of carbonyl (C=O) groups excluding carboxylic acids is 6. The summed E-state index contributed by atoms with van der Waals surface area (Å²) in [6.07, 6.45) is -4.55. The molecule has 1 rings (SSSR count). The van der Waals surface area contributed by atoms with Crippen LogP contribution in [0.1, 0.15) is 26.2 Å². The van der Waals surface area contributed by atoms with Crippen molar-refractivity contribution in [1.82, 2.24) is 0 Å². The minimum absolute atomic E-state index is 0.303. The lowest BCUT2D eigenvalue weighted by atomic mass is 9.81. The van der Waals surface area contributed by atoms with E-state index in [0.29, 0.717) is 0 Å². The molecule has 3 atom stereocenters. The third-order valence-corrected chi connectivity index (χ3v) is 3.16. The smallest absolute Gasteiger partial charge is 0.388 e. The molecule has 150 valence electrons. The zero-order valence-electron chi connectivity index (χ0n) is 13.6. The molecule has 0 spiro atoms. The van der Waals surface area contributed by atoms with Gasteiger partial charge in [-0.1, -0.05) is 0 Å². The Hall–Kier alpha value is -3.26. The predicted molar refractivity (Wildman–Crippen MR) is 71.6 cm³/mol. The molecule has 0 aromatic heterocycles. The van der Waals surface area contributed by atoms with Gasteiger partial charge < -0.3 is 10.2 Å². The summed E-state index contributed by atoms with van der Waals surface area (Å²) in [6.45, 7) is 0.611. The van der Waals surface area contributed by atoms with Crippen LogP contribution in [0.4, 0.5) is 0 Å². The summed E-state index contributed by atoms with van der Waals surface area (Å²) in [5, 5.41) is 20.3. The largest absolute Gasteiger partial charge is 0.392 e. The Labute approximate surface area is 149 Å². The van der Waals surface area contributed by atoms with Crippen LogP contribution in [0, 0.1) is 5.92 Å². The SMILES string of the molecule is CC(O)C1C(=O)OOC(=O)CCC(=O)OOC(=O)C1(O)CC(=O)OOC=O. The topological polar surface area (TPSA) is 198 Å². The van der Waals surface area contributed by atoms with Crippen LogP contribution in [-0.4, -0.2) is 58.2 Å². The van der Waals surface area contributed by atoms with Crippen LogP contribution in [-0.2, 0) is 58.1 Å². The van der Waals surface area contributed by atoms with Gasteiger partial charge in [0.05, 0.1) is 25.4 Å². The van der Waals surface area contributed by atoms with Gasteiger partial charge in [0.15, 0.2) is 5.60 Å². The van der Waals surface area contributed by atoms with Crippen LogP contribution in [0.25, 0.3) is 0 Å². The van der Waals surface area contributed by atoms with Crippen LogP contribution in [0.5, 0.6) is 0 Å². The normalized spacial score (nSPS) is 25.4. The van der Waals surface area contributed by atoms with Crippen LogP contribution >= 0.6 is 0 Å². The maximum atomic E-state index is 12.1. The number of carbonyl (C=O) groups is 6.